The Morgan fingerprint density at radius 3 is 2.81 bits per heavy atom. The number of aromatic nitrogens is 1. The molecule has 1 aromatic carbocycles. The van der Waals surface area contributed by atoms with Crippen molar-refractivity contribution < 1.29 is 9.59 Å². The summed E-state index contributed by atoms with van der Waals surface area (Å²) < 4.78 is 0. The molecule has 0 unspecified atom stereocenters. The summed E-state index contributed by atoms with van der Waals surface area (Å²) in [7, 11) is 0. The second-order valence-electron chi connectivity index (χ2n) is 3.41. The van der Waals surface area contributed by atoms with E-state index in [4.69, 9.17) is 0 Å². The van der Waals surface area contributed by atoms with Crippen molar-refractivity contribution in [1.29, 1.82) is 0 Å². The Labute approximate surface area is 92.3 Å². The number of carbonyl (C=O) groups excluding carboxylic acids is 2. The molecule has 1 aromatic heterocycles. The number of nitrogens with zero attached hydrogens (tertiary/aromatic N) is 1. The highest BCUT2D eigenvalue weighted by atomic mass is 16.1. The van der Waals surface area contributed by atoms with Crippen molar-refractivity contribution in [3.63, 3.8) is 0 Å². The second-order valence-corrected chi connectivity index (χ2v) is 3.41. The molecular weight excluding hydrogens is 204 g/mol. The van der Waals surface area contributed by atoms with Crippen molar-refractivity contribution in [3.8, 4) is 0 Å². The minimum Gasteiger partial charge on any atom is -0.326 e. The summed E-state index contributed by atoms with van der Waals surface area (Å²) in [6.07, 6.45) is 0.699. The van der Waals surface area contributed by atoms with Gasteiger partial charge in [-0.05, 0) is 24.3 Å². The van der Waals surface area contributed by atoms with Gasteiger partial charge in [0.25, 0.3) is 0 Å². The molecule has 0 saturated carbocycles. The van der Waals surface area contributed by atoms with Crippen molar-refractivity contribution in [2.24, 2.45) is 0 Å². The van der Waals surface area contributed by atoms with Crippen molar-refractivity contribution in [2.45, 2.75) is 6.92 Å². The number of fused-ring (bicyclic) bond motifs is 1. The average molecular weight is 214 g/mol. The highest BCUT2D eigenvalue weighted by molar-refractivity contribution is 6.00. The van der Waals surface area contributed by atoms with E-state index in [1.54, 1.807) is 30.3 Å². The van der Waals surface area contributed by atoms with Crippen LogP contribution >= 0.6 is 0 Å². The zero-order valence-corrected chi connectivity index (χ0v) is 8.73. The monoisotopic (exact) mass is 214 g/mol. The molecule has 2 rings (SSSR count). The van der Waals surface area contributed by atoms with E-state index in [2.05, 4.69) is 10.3 Å². The van der Waals surface area contributed by atoms with Gasteiger partial charge in [0.2, 0.25) is 5.91 Å². The number of benzene rings is 1. The number of nitrogens with one attached hydrogen (secondary N) is 1. The standard InChI is InChI=1S/C12H10N2O2/c1-8(16)13-11-3-2-4-12-10(11)6-5-9(7-15)14-12/h2-7H,1H3,(H,13,16). The smallest absolute Gasteiger partial charge is 0.221 e. The van der Waals surface area contributed by atoms with Crippen LogP contribution in [0.1, 0.15) is 17.4 Å². The van der Waals surface area contributed by atoms with Gasteiger partial charge in [-0.15, -0.1) is 0 Å². The van der Waals surface area contributed by atoms with Crippen LogP contribution < -0.4 is 5.32 Å². The van der Waals surface area contributed by atoms with Gasteiger partial charge in [-0.1, -0.05) is 6.07 Å². The lowest BCUT2D eigenvalue weighted by Gasteiger charge is -2.06. The Balaban J connectivity index is 2.59. The van der Waals surface area contributed by atoms with Crippen LogP contribution in [0.5, 0.6) is 0 Å². The summed E-state index contributed by atoms with van der Waals surface area (Å²) in [6, 6.07) is 8.78. The number of aldehydes is 1. The maximum atomic E-state index is 11.0. The number of anilines is 1. The number of amides is 1. The molecule has 0 radical (unpaired) electrons. The predicted octanol–water partition coefficient (Wildman–Crippen LogP) is 2.01. The van der Waals surface area contributed by atoms with Crippen LogP contribution in [-0.4, -0.2) is 17.2 Å². The van der Waals surface area contributed by atoms with Crippen LogP contribution in [0.15, 0.2) is 30.3 Å². The van der Waals surface area contributed by atoms with Gasteiger partial charge in [0.1, 0.15) is 5.69 Å². The zero-order chi connectivity index (χ0) is 11.5. The molecule has 0 saturated heterocycles. The number of rotatable bonds is 2. The van der Waals surface area contributed by atoms with E-state index < -0.39 is 0 Å². The highest BCUT2D eigenvalue weighted by Crippen LogP contribution is 2.21. The average Bonchev–Trinajstić information content (AvgIpc) is 2.28. The van der Waals surface area contributed by atoms with E-state index in [0.717, 1.165) is 5.39 Å². The van der Waals surface area contributed by atoms with Gasteiger partial charge >= 0.3 is 0 Å². The quantitative estimate of drug-likeness (QED) is 0.778. The van der Waals surface area contributed by atoms with Crippen LogP contribution in [0.3, 0.4) is 0 Å². The molecule has 1 heterocycles. The predicted molar refractivity (Wildman–Crippen MR) is 61.4 cm³/mol. The third-order valence-corrected chi connectivity index (χ3v) is 2.18. The van der Waals surface area contributed by atoms with E-state index in [1.807, 2.05) is 0 Å². The molecule has 16 heavy (non-hydrogen) atoms. The molecule has 1 N–H and O–H groups in total. The Bertz CT molecular complexity index is 564. The van der Waals surface area contributed by atoms with Gasteiger partial charge in [0.05, 0.1) is 11.2 Å². The molecule has 4 nitrogen and oxygen atoms in total. The third kappa shape index (κ3) is 1.91. The Hall–Kier alpha value is -2.23. The van der Waals surface area contributed by atoms with Gasteiger partial charge in [-0.25, -0.2) is 4.98 Å². The molecule has 0 spiro atoms. The highest BCUT2D eigenvalue weighted by Gasteiger charge is 2.03. The van der Waals surface area contributed by atoms with E-state index in [0.29, 0.717) is 23.2 Å². The first-order valence-corrected chi connectivity index (χ1v) is 4.83. The first-order chi connectivity index (χ1) is 7.70. The number of hydrogen-bond acceptors (Lipinski definition) is 3. The Kier molecular flexibility index (Phi) is 2.64. The van der Waals surface area contributed by atoms with E-state index >= 15 is 0 Å². The lowest BCUT2D eigenvalue weighted by molar-refractivity contribution is -0.114. The number of hydrogen-bond donors (Lipinski definition) is 1. The first-order valence-electron chi connectivity index (χ1n) is 4.83. The molecule has 0 aliphatic heterocycles. The summed E-state index contributed by atoms with van der Waals surface area (Å²) in [5, 5.41) is 3.54. The minimum atomic E-state index is -0.132. The largest absolute Gasteiger partial charge is 0.326 e. The van der Waals surface area contributed by atoms with Gasteiger partial charge in [-0.2, -0.15) is 0 Å². The first kappa shape index (κ1) is 10.3. The van der Waals surface area contributed by atoms with Crippen molar-refractivity contribution in [1.82, 2.24) is 4.98 Å². The van der Waals surface area contributed by atoms with Crippen LogP contribution in [-0.2, 0) is 4.79 Å². The number of carbonyl (C=O) groups is 2. The second kappa shape index (κ2) is 4.10. The summed E-state index contributed by atoms with van der Waals surface area (Å²) in [6.45, 7) is 1.45. The van der Waals surface area contributed by atoms with E-state index in [1.165, 1.54) is 6.92 Å². The fourth-order valence-electron chi connectivity index (χ4n) is 1.54. The lowest BCUT2D eigenvalue weighted by Crippen LogP contribution is -2.06. The van der Waals surface area contributed by atoms with Crippen LogP contribution in [0.4, 0.5) is 5.69 Å². The molecule has 0 aliphatic rings. The third-order valence-electron chi connectivity index (χ3n) is 2.18. The van der Waals surface area contributed by atoms with Gasteiger partial charge in [0.15, 0.2) is 6.29 Å². The maximum absolute atomic E-state index is 11.0. The van der Waals surface area contributed by atoms with Gasteiger partial charge in [0, 0.05) is 12.3 Å². The topological polar surface area (TPSA) is 59.1 Å². The summed E-state index contributed by atoms with van der Waals surface area (Å²) in [5.41, 5.74) is 1.78. The molecular formula is C12H10N2O2. The lowest BCUT2D eigenvalue weighted by atomic mass is 10.1. The summed E-state index contributed by atoms with van der Waals surface area (Å²) in [4.78, 5) is 25.7. The van der Waals surface area contributed by atoms with Crippen molar-refractivity contribution in [2.75, 3.05) is 5.32 Å². The molecule has 0 atom stereocenters. The van der Waals surface area contributed by atoms with Gasteiger partial charge in [-0.3, -0.25) is 9.59 Å². The maximum Gasteiger partial charge on any atom is 0.221 e. The fourth-order valence-corrected chi connectivity index (χ4v) is 1.54. The normalized spacial score (nSPS) is 10.1. The van der Waals surface area contributed by atoms with Gasteiger partial charge < -0.3 is 5.32 Å². The fraction of sp³-hybridized carbons (Fsp3) is 0.0833. The Morgan fingerprint density at radius 2 is 2.12 bits per heavy atom. The van der Waals surface area contributed by atoms with Crippen molar-refractivity contribution in [3.05, 3.63) is 36.0 Å². The minimum absolute atomic E-state index is 0.132. The summed E-state index contributed by atoms with van der Waals surface area (Å²) >= 11 is 0. The molecule has 2 aromatic rings. The SMILES string of the molecule is CC(=O)Nc1cccc2nc(C=O)ccc12. The molecule has 0 bridgehead atoms. The summed E-state index contributed by atoms with van der Waals surface area (Å²) in [5.74, 6) is -0.132. The van der Waals surface area contributed by atoms with Crippen LogP contribution in [0, 0.1) is 0 Å². The number of pyridine rings is 1. The van der Waals surface area contributed by atoms with Crippen LogP contribution in [0.25, 0.3) is 10.9 Å². The Morgan fingerprint density at radius 1 is 1.31 bits per heavy atom. The molecule has 4 heteroatoms. The van der Waals surface area contributed by atoms with Crippen molar-refractivity contribution >= 4 is 28.8 Å². The molecule has 80 valence electrons. The van der Waals surface area contributed by atoms with Crippen LogP contribution in [0.2, 0.25) is 0 Å². The molecule has 1 amide bonds. The van der Waals surface area contributed by atoms with E-state index in [-0.39, 0.29) is 5.91 Å². The molecule has 0 aliphatic carbocycles. The zero-order valence-electron chi connectivity index (χ0n) is 8.73. The molecule has 0 fully saturated rings. The van der Waals surface area contributed by atoms with E-state index in [9.17, 15) is 9.59 Å².